The number of hydrogen-bond donors (Lipinski definition) is 0. The smallest absolute Gasteiger partial charge is 0.349 e. The summed E-state index contributed by atoms with van der Waals surface area (Å²) in [4.78, 5) is 41.8. The van der Waals surface area contributed by atoms with Crippen molar-refractivity contribution in [3.05, 3.63) is 40.2 Å². The molecule has 1 amide bonds. The van der Waals surface area contributed by atoms with Crippen molar-refractivity contribution >= 4 is 22.8 Å². The highest BCUT2D eigenvalue weighted by atomic mass is 16.5. The third-order valence-corrected chi connectivity index (χ3v) is 5.58. The average Bonchev–Trinajstić information content (AvgIpc) is 2.95. The Morgan fingerprint density at radius 3 is 2.55 bits per heavy atom. The Morgan fingerprint density at radius 2 is 1.90 bits per heavy atom. The predicted molar refractivity (Wildman–Crippen MR) is 116 cm³/mol. The summed E-state index contributed by atoms with van der Waals surface area (Å²) in [5.41, 5.74) is -0.401. The molecule has 8 nitrogen and oxygen atoms in total. The van der Waals surface area contributed by atoms with Crippen molar-refractivity contribution in [3.8, 4) is 5.75 Å². The second kappa shape index (κ2) is 9.51. The van der Waals surface area contributed by atoms with Gasteiger partial charge >= 0.3 is 11.6 Å². The van der Waals surface area contributed by atoms with Crippen LogP contribution in [0.3, 0.4) is 0 Å². The molecule has 1 aliphatic heterocycles. The second-order valence-electron chi connectivity index (χ2n) is 8.44. The van der Waals surface area contributed by atoms with Gasteiger partial charge in [-0.2, -0.15) is 0 Å². The van der Waals surface area contributed by atoms with E-state index in [2.05, 4.69) is 0 Å². The standard InChI is InChI=1S/C23H30N2O6/c1-14(2)30-18-9-7-15-10-19(23(28)31-20(15)11-18)21(26)25-12-16(22(27)29-5)6-8-17(13-25)24(3)4/h7,9-11,14,16-17H,6,8,12-13H2,1-5H3/t16-,17+/m0/s1. The summed E-state index contributed by atoms with van der Waals surface area (Å²) in [6.45, 7) is 4.43. The molecule has 1 fully saturated rings. The van der Waals surface area contributed by atoms with Gasteiger partial charge in [-0.05, 0) is 59.0 Å². The number of likely N-dealkylation sites (tertiary alicyclic amines) is 1. The van der Waals surface area contributed by atoms with E-state index in [1.54, 1.807) is 29.2 Å². The molecule has 0 aliphatic carbocycles. The Bertz CT molecular complexity index is 1010. The van der Waals surface area contributed by atoms with E-state index in [1.165, 1.54) is 7.11 Å². The molecule has 0 saturated carbocycles. The number of nitrogens with zero attached hydrogens (tertiary/aromatic N) is 2. The van der Waals surface area contributed by atoms with Gasteiger partial charge in [0.25, 0.3) is 5.91 Å². The number of hydrogen-bond acceptors (Lipinski definition) is 7. The van der Waals surface area contributed by atoms with Crippen LogP contribution < -0.4 is 10.4 Å². The largest absolute Gasteiger partial charge is 0.491 e. The van der Waals surface area contributed by atoms with E-state index < -0.39 is 17.5 Å². The van der Waals surface area contributed by atoms with Crippen LogP contribution >= 0.6 is 0 Å². The molecule has 1 aromatic heterocycles. The first kappa shape index (κ1) is 22.8. The Labute approximate surface area is 181 Å². The first-order valence-corrected chi connectivity index (χ1v) is 10.5. The van der Waals surface area contributed by atoms with E-state index in [9.17, 15) is 14.4 Å². The van der Waals surface area contributed by atoms with Crippen LogP contribution in [0.1, 0.15) is 37.0 Å². The van der Waals surface area contributed by atoms with Gasteiger partial charge in [0, 0.05) is 30.6 Å². The van der Waals surface area contributed by atoms with Crippen LogP contribution in [0.4, 0.5) is 0 Å². The summed E-state index contributed by atoms with van der Waals surface area (Å²) in [5, 5.41) is 0.627. The van der Waals surface area contributed by atoms with E-state index in [-0.39, 0.29) is 30.2 Å². The molecule has 0 unspecified atom stereocenters. The van der Waals surface area contributed by atoms with Gasteiger partial charge in [-0.3, -0.25) is 9.59 Å². The fourth-order valence-corrected chi connectivity index (χ4v) is 3.87. The molecule has 2 atom stereocenters. The lowest BCUT2D eigenvalue weighted by Crippen LogP contribution is -2.44. The van der Waals surface area contributed by atoms with E-state index in [1.807, 2.05) is 32.8 Å². The van der Waals surface area contributed by atoms with Crippen molar-refractivity contribution in [3.63, 3.8) is 0 Å². The predicted octanol–water partition coefficient (Wildman–Crippen LogP) is 2.54. The minimum absolute atomic E-state index is 0.0135. The third-order valence-electron chi connectivity index (χ3n) is 5.58. The molecule has 1 saturated heterocycles. The quantitative estimate of drug-likeness (QED) is 0.532. The zero-order valence-electron chi connectivity index (χ0n) is 18.7. The van der Waals surface area contributed by atoms with E-state index >= 15 is 0 Å². The number of benzene rings is 1. The lowest BCUT2D eigenvalue weighted by Gasteiger charge is -2.28. The third kappa shape index (κ3) is 5.25. The van der Waals surface area contributed by atoms with Crippen LogP contribution in [-0.4, -0.2) is 68.1 Å². The molecule has 2 aromatic rings. The van der Waals surface area contributed by atoms with Gasteiger partial charge in [0.15, 0.2) is 0 Å². The molecule has 0 radical (unpaired) electrons. The van der Waals surface area contributed by atoms with E-state index in [0.717, 1.165) is 6.42 Å². The number of methoxy groups -OCH3 is 1. The molecular formula is C23H30N2O6. The molecular weight excluding hydrogens is 400 g/mol. The summed E-state index contributed by atoms with van der Waals surface area (Å²) >= 11 is 0. The molecule has 1 aromatic carbocycles. The molecule has 3 rings (SSSR count). The lowest BCUT2D eigenvalue weighted by molar-refractivity contribution is -0.145. The Balaban J connectivity index is 1.94. The maximum atomic E-state index is 13.3. The van der Waals surface area contributed by atoms with Crippen LogP contribution in [-0.2, 0) is 9.53 Å². The number of amides is 1. The molecule has 0 N–H and O–H groups in total. The normalized spacial score (nSPS) is 19.5. The number of carbonyl (C=O) groups excluding carboxylic acids is 2. The SMILES string of the molecule is COC(=O)[C@H]1CC[C@@H](N(C)C)CN(C(=O)c2cc3ccc(OC(C)C)cc3oc2=O)C1. The minimum Gasteiger partial charge on any atom is -0.491 e. The van der Waals surface area contributed by atoms with Gasteiger partial charge in [-0.1, -0.05) is 0 Å². The van der Waals surface area contributed by atoms with Crippen LogP contribution in [0.15, 0.2) is 33.5 Å². The highest BCUT2D eigenvalue weighted by Crippen LogP contribution is 2.24. The summed E-state index contributed by atoms with van der Waals surface area (Å²) < 4.78 is 16.0. The lowest BCUT2D eigenvalue weighted by atomic mass is 10.0. The summed E-state index contributed by atoms with van der Waals surface area (Å²) in [6.07, 6.45) is 1.35. The fourth-order valence-electron chi connectivity index (χ4n) is 3.87. The van der Waals surface area contributed by atoms with E-state index in [4.69, 9.17) is 13.9 Å². The van der Waals surface area contributed by atoms with Crippen LogP contribution in [0.5, 0.6) is 5.75 Å². The Morgan fingerprint density at radius 1 is 1.16 bits per heavy atom. The summed E-state index contributed by atoms with van der Waals surface area (Å²) in [5.74, 6) is -0.629. The zero-order chi connectivity index (χ0) is 22.7. The Hall–Kier alpha value is -2.87. The van der Waals surface area contributed by atoms with Crippen molar-refractivity contribution in [2.45, 2.75) is 38.8 Å². The van der Waals surface area contributed by atoms with Gasteiger partial charge in [-0.15, -0.1) is 0 Å². The van der Waals surface area contributed by atoms with E-state index in [0.29, 0.717) is 29.7 Å². The fraction of sp³-hybridized carbons (Fsp3) is 0.522. The average molecular weight is 431 g/mol. The molecule has 31 heavy (non-hydrogen) atoms. The van der Waals surface area contributed by atoms with Gasteiger partial charge in [0.05, 0.1) is 19.1 Å². The highest BCUT2D eigenvalue weighted by molar-refractivity contribution is 5.97. The number of fused-ring (bicyclic) bond motifs is 1. The van der Waals surface area contributed by atoms with Gasteiger partial charge in [-0.25, -0.2) is 4.79 Å². The maximum absolute atomic E-state index is 13.3. The Kier molecular flexibility index (Phi) is 7.00. The van der Waals surface area contributed by atoms with Crippen LogP contribution in [0, 0.1) is 5.92 Å². The molecule has 0 spiro atoms. The molecule has 2 heterocycles. The molecule has 8 heteroatoms. The number of rotatable bonds is 5. The number of carbonyl (C=O) groups is 2. The monoisotopic (exact) mass is 430 g/mol. The van der Waals surface area contributed by atoms with Crippen molar-refractivity contribution in [2.75, 3.05) is 34.3 Å². The van der Waals surface area contributed by atoms with Gasteiger partial charge in [0.2, 0.25) is 0 Å². The number of ether oxygens (including phenoxy) is 2. The maximum Gasteiger partial charge on any atom is 0.349 e. The summed E-state index contributed by atoms with van der Waals surface area (Å²) in [7, 11) is 5.22. The van der Waals surface area contributed by atoms with Crippen LogP contribution in [0.25, 0.3) is 11.0 Å². The number of esters is 1. The molecule has 168 valence electrons. The number of likely N-dealkylation sites (N-methyl/N-ethyl adjacent to an activating group) is 1. The molecule has 0 bridgehead atoms. The van der Waals surface area contributed by atoms with Crippen molar-refractivity contribution in [1.82, 2.24) is 9.80 Å². The van der Waals surface area contributed by atoms with Crippen molar-refractivity contribution in [1.29, 1.82) is 0 Å². The zero-order valence-corrected chi connectivity index (χ0v) is 18.7. The van der Waals surface area contributed by atoms with Gasteiger partial charge < -0.3 is 23.7 Å². The topological polar surface area (TPSA) is 89.3 Å². The van der Waals surface area contributed by atoms with Crippen molar-refractivity contribution in [2.24, 2.45) is 5.92 Å². The van der Waals surface area contributed by atoms with Crippen molar-refractivity contribution < 1.29 is 23.5 Å². The van der Waals surface area contributed by atoms with Crippen LogP contribution in [0.2, 0.25) is 0 Å². The molecule has 1 aliphatic rings. The summed E-state index contributed by atoms with van der Waals surface area (Å²) in [6, 6.07) is 6.80. The minimum atomic E-state index is -0.709. The second-order valence-corrected chi connectivity index (χ2v) is 8.44. The van der Waals surface area contributed by atoms with Gasteiger partial charge in [0.1, 0.15) is 16.9 Å². The highest BCUT2D eigenvalue weighted by Gasteiger charge is 2.33. The first-order chi connectivity index (χ1) is 14.7. The first-order valence-electron chi connectivity index (χ1n) is 10.5.